The fraction of sp³-hybridized carbons (Fsp3) is 0.692. The van der Waals surface area contributed by atoms with Crippen molar-refractivity contribution < 1.29 is 0 Å². The first kappa shape index (κ1) is 13.3. The van der Waals surface area contributed by atoms with Crippen LogP contribution in [0.4, 0.5) is 0 Å². The zero-order valence-electron chi connectivity index (χ0n) is 10.5. The number of thiophene rings is 1. The summed E-state index contributed by atoms with van der Waals surface area (Å²) >= 11 is 7.71. The van der Waals surface area contributed by atoms with Gasteiger partial charge >= 0.3 is 0 Å². The van der Waals surface area contributed by atoms with Crippen LogP contribution in [0.1, 0.15) is 44.0 Å². The molecule has 0 aromatic carbocycles. The van der Waals surface area contributed by atoms with Gasteiger partial charge in [-0.05, 0) is 38.8 Å². The van der Waals surface area contributed by atoms with Crippen molar-refractivity contribution in [1.29, 1.82) is 0 Å². The molecular weight excluding hydrogens is 252 g/mol. The lowest BCUT2D eigenvalue weighted by molar-refractivity contribution is 0.0585. The number of halogens is 1. The Hall–Kier alpha value is -0.0900. The van der Waals surface area contributed by atoms with Crippen molar-refractivity contribution in [2.24, 2.45) is 5.73 Å². The molecule has 0 aliphatic carbocycles. The van der Waals surface area contributed by atoms with E-state index in [0.717, 1.165) is 10.9 Å². The summed E-state index contributed by atoms with van der Waals surface area (Å²) in [6.07, 6.45) is 3.81. The van der Waals surface area contributed by atoms with E-state index in [0.29, 0.717) is 18.1 Å². The number of hydrogen-bond donors (Lipinski definition) is 1. The van der Waals surface area contributed by atoms with Crippen molar-refractivity contribution in [2.45, 2.75) is 51.2 Å². The van der Waals surface area contributed by atoms with Gasteiger partial charge in [0, 0.05) is 29.5 Å². The molecule has 2 nitrogen and oxygen atoms in total. The molecule has 2 N–H and O–H groups in total. The Morgan fingerprint density at radius 3 is 2.88 bits per heavy atom. The highest BCUT2D eigenvalue weighted by Crippen LogP contribution is 2.36. The minimum absolute atomic E-state index is 0.427. The van der Waals surface area contributed by atoms with E-state index in [2.05, 4.69) is 24.8 Å². The number of nitrogens with two attached hydrogens (primary N) is 1. The van der Waals surface area contributed by atoms with Gasteiger partial charge in [0.25, 0.3) is 0 Å². The lowest BCUT2D eigenvalue weighted by Crippen LogP contribution is -2.49. The molecule has 1 fully saturated rings. The summed E-state index contributed by atoms with van der Waals surface area (Å²) in [6, 6.07) is 5.70. The fourth-order valence-corrected chi connectivity index (χ4v) is 4.06. The SMILES string of the molecule is CC1CCCC(CN)N1C(C)c1ccc(Cl)s1. The molecule has 1 aromatic heterocycles. The van der Waals surface area contributed by atoms with Crippen LogP contribution in [0.5, 0.6) is 0 Å². The summed E-state index contributed by atoms with van der Waals surface area (Å²) in [7, 11) is 0. The Bertz CT molecular complexity index is 366. The lowest BCUT2D eigenvalue weighted by Gasteiger charge is -2.43. The molecule has 96 valence electrons. The van der Waals surface area contributed by atoms with Crippen LogP contribution < -0.4 is 5.73 Å². The van der Waals surface area contributed by atoms with Crippen LogP contribution in [0.15, 0.2) is 12.1 Å². The van der Waals surface area contributed by atoms with Crippen LogP contribution >= 0.6 is 22.9 Å². The maximum Gasteiger partial charge on any atom is 0.0931 e. The standard InChI is InChI=1S/C13H21ClN2S/c1-9-4-3-5-11(8-15)16(9)10(2)12-6-7-13(14)17-12/h6-7,9-11H,3-5,8,15H2,1-2H3. The highest BCUT2D eigenvalue weighted by molar-refractivity contribution is 7.16. The van der Waals surface area contributed by atoms with Crippen LogP contribution in [0.2, 0.25) is 4.34 Å². The monoisotopic (exact) mass is 272 g/mol. The van der Waals surface area contributed by atoms with Crippen molar-refractivity contribution >= 4 is 22.9 Å². The summed E-state index contributed by atoms with van der Waals surface area (Å²) in [5.41, 5.74) is 5.91. The Morgan fingerprint density at radius 2 is 2.29 bits per heavy atom. The maximum atomic E-state index is 6.03. The second-order valence-corrected chi connectivity index (χ2v) is 6.68. The maximum absolute atomic E-state index is 6.03. The van der Waals surface area contributed by atoms with E-state index in [1.165, 1.54) is 24.1 Å². The molecule has 0 radical (unpaired) electrons. The van der Waals surface area contributed by atoms with Gasteiger partial charge in [-0.3, -0.25) is 4.90 Å². The Kier molecular flexibility index (Phi) is 4.47. The number of likely N-dealkylation sites (tertiary alicyclic amines) is 1. The average Bonchev–Trinajstić information content (AvgIpc) is 2.74. The van der Waals surface area contributed by atoms with Crippen LogP contribution in [-0.4, -0.2) is 23.5 Å². The van der Waals surface area contributed by atoms with E-state index < -0.39 is 0 Å². The summed E-state index contributed by atoms with van der Waals surface area (Å²) in [5, 5.41) is 0. The molecule has 2 rings (SSSR count). The molecule has 3 unspecified atom stereocenters. The van der Waals surface area contributed by atoms with Gasteiger partial charge in [-0.1, -0.05) is 18.0 Å². The third kappa shape index (κ3) is 2.84. The Labute approximate surface area is 113 Å². The molecule has 1 aliphatic heterocycles. The molecule has 2 heterocycles. The third-order valence-corrected chi connectivity index (χ3v) is 5.22. The minimum atomic E-state index is 0.427. The molecule has 3 atom stereocenters. The first-order valence-corrected chi connectivity index (χ1v) is 7.55. The van der Waals surface area contributed by atoms with Crippen LogP contribution in [0.3, 0.4) is 0 Å². The molecule has 1 saturated heterocycles. The number of hydrogen-bond acceptors (Lipinski definition) is 3. The van der Waals surface area contributed by atoms with Crippen LogP contribution in [-0.2, 0) is 0 Å². The smallest absolute Gasteiger partial charge is 0.0931 e. The van der Waals surface area contributed by atoms with E-state index in [1.54, 1.807) is 11.3 Å². The number of piperidine rings is 1. The molecule has 1 aromatic rings. The molecule has 0 saturated carbocycles. The van der Waals surface area contributed by atoms with Gasteiger partial charge in [0.1, 0.15) is 0 Å². The normalized spacial score (nSPS) is 28.2. The minimum Gasteiger partial charge on any atom is -0.329 e. The molecule has 1 aliphatic rings. The van der Waals surface area contributed by atoms with E-state index in [1.807, 2.05) is 6.07 Å². The zero-order chi connectivity index (χ0) is 12.4. The number of nitrogens with zero attached hydrogens (tertiary/aromatic N) is 1. The molecule has 4 heteroatoms. The second-order valence-electron chi connectivity index (χ2n) is 4.93. The van der Waals surface area contributed by atoms with Crippen LogP contribution in [0.25, 0.3) is 0 Å². The Morgan fingerprint density at radius 1 is 1.53 bits per heavy atom. The highest BCUT2D eigenvalue weighted by Gasteiger charge is 2.31. The van der Waals surface area contributed by atoms with Crippen molar-refractivity contribution in [1.82, 2.24) is 4.90 Å². The Balaban J connectivity index is 2.17. The summed E-state index contributed by atoms with van der Waals surface area (Å²) < 4.78 is 0.876. The van der Waals surface area contributed by atoms with Crippen molar-refractivity contribution in [3.05, 3.63) is 21.3 Å². The quantitative estimate of drug-likeness (QED) is 0.910. The summed E-state index contributed by atoms with van der Waals surface area (Å²) in [6.45, 7) is 5.34. The number of rotatable bonds is 3. The molecule has 0 amide bonds. The van der Waals surface area contributed by atoms with E-state index >= 15 is 0 Å². The predicted octanol–water partition coefficient (Wildman–Crippen LogP) is 3.66. The van der Waals surface area contributed by atoms with Gasteiger partial charge in [-0.2, -0.15) is 0 Å². The third-order valence-electron chi connectivity index (χ3n) is 3.81. The lowest BCUT2D eigenvalue weighted by atomic mass is 9.94. The van der Waals surface area contributed by atoms with E-state index in [4.69, 9.17) is 17.3 Å². The van der Waals surface area contributed by atoms with Gasteiger partial charge in [0.15, 0.2) is 0 Å². The van der Waals surface area contributed by atoms with Crippen molar-refractivity contribution in [3.63, 3.8) is 0 Å². The van der Waals surface area contributed by atoms with Crippen LogP contribution in [0, 0.1) is 0 Å². The largest absolute Gasteiger partial charge is 0.329 e. The van der Waals surface area contributed by atoms with Gasteiger partial charge in [0.05, 0.1) is 4.34 Å². The van der Waals surface area contributed by atoms with Crippen molar-refractivity contribution in [3.8, 4) is 0 Å². The van der Waals surface area contributed by atoms with Gasteiger partial charge < -0.3 is 5.73 Å². The first-order valence-electron chi connectivity index (χ1n) is 6.36. The van der Waals surface area contributed by atoms with E-state index in [9.17, 15) is 0 Å². The van der Waals surface area contributed by atoms with Gasteiger partial charge in [-0.15, -0.1) is 11.3 Å². The molecule has 17 heavy (non-hydrogen) atoms. The molecule has 0 bridgehead atoms. The summed E-state index contributed by atoms with van der Waals surface area (Å²) in [5.74, 6) is 0. The van der Waals surface area contributed by atoms with Crippen molar-refractivity contribution in [2.75, 3.05) is 6.54 Å². The fourth-order valence-electron chi connectivity index (χ4n) is 2.94. The summed E-state index contributed by atoms with van der Waals surface area (Å²) in [4.78, 5) is 3.92. The highest BCUT2D eigenvalue weighted by atomic mass is 35.5. The topological polar surface area (TPSA) is 29.3 Å². The zero-order valence-corrected chi connectivity index (χ0v) is 12.1. The second kappa shape index (κ2) is 5.70. The molecular formula is C13H21ClN2S. The first-order chi connectivity index (χ1) is 8.13. The van der Waals surface area contributed by atoms with Gasteiger partial charge in [-0.25, -0.2) is 0 Å². The molecule has 0 spiro atoms. The average molecular weight is 273 g/mol. The van der Waals surface area contributed by atoms with E-state index in [-0.39, 0.29) is 0 Å². The predicted molar refractivity (Wildman–Crippen MR) is 75.7 cm³/mol. The van der Waals surface area contributed by atoms with Gasteiger partial charge in [0.2, 0.25) is 0 Å².